The molecule has 0 aromatic carbocycles. The van der Waals surface area contributed by atoms with Gasteiger partial charge in [-0.15, -0.1) is 11.3 Å². The lowest BCUT2D eigenvalue weighted by molar-refractivity contribution is -0.117. The number of furan rings is 1. The average Bonchev–Trinajstić information content (AvgIpc) is 3.29. The third-order valence-corrected chi connectivity index (χ3v) is 5.19. The van der Waals surface area contributed by atoms with E-state index in [1.165, 1.54) is 7.11 Å². The Morgan fingerprint density at radius 1 is 1.20 bits per heavy atom. The minimum absolute atomic E-state index is 0.0630. The molecule has 164 valence electrons. The normalized spacial score (nSPS) is 10.8. The Morgan fingerprint density at radius 3 is 2.60 bits per heavy atom. The van der Waals surface area contributed by atoms with Crippen molar-refractivity contribution in [1.82, 2.24) is 4.90 Å². The van der Waals surface area contributed by atoms with Gasteiger partial charge >= 0.3 is 11.9 Å². The molecule has 0 saturated heterocycles. The van der Waals surface area contributed by atoms with Gasteiger partial charge in [-0.3, -0.25) is 9.69 Å². The van der Waals surface area contributed by atoms with Gasteiger partial charge < -0.3 is 23.9 Å². The fourth-order valence-corrected chi connectivity index (χ4v) is 3.77. The van der Waals surface area contributed by atoms with Gasteiger partial charge in [-0.05, 0) is 38.6 Å². The molecule has 0 radical (unpaired) electrons. The van der Waals surface area contributed by atoms with Crippen LogP contribution in [0.15, 0.2) is 22.8 Å². The molecule has 0 aliphatic heterocycles. The highest BCUT2D eigenvalue weighted by atomic mass is 32.1. The first kappa shape index (κ1) is 23.6. The van der Waals surface area contributed by atoms with Crippen LogP contribution in [0.2, 0.25) is 0 Å². The molecule has 1 amide bonds. The molecule has 0 atom stereocenters. The van der Waals surface area contributed by atoms with Crippen molar-refractivity contribution in [2.45, 2.75) is 20.4 Å². The molecule has 0 bridgehead atoms. The molecule has 9 nitrogen and oxygen atoms in total. The Labute approximate surface area is 178 Å². The van der Waals surface area contributed by atoms with Gasteiger partial charge in [0.15, 0.2) is 0 Å². The zero-order valence-corrected chi connectivity index (χ0v) is 18.3. The zero-order valence-electron chi connectivity index (χ0n) is 17.5. The second-order valence-electron chi connectivity index (χ2n) is 6.41. The summed E-state index contributed by atoms with van der Waals surface area (Å²) in [5, 5.41) is 2.97. The van der Waals surface area contributed by atoms with E-state index in [1.807, 2.05) is 6.07 Å². The van der Waals surface area contributed by atoms with Crippen molar-refractivity contribution in [2.24, 2.45) is 0 Å². The number of methoxy groups -OCH3 is 1. The molecule has 0 aliphatic carbocycles. The number of carbonyl (C=O) groups excluding carboxylic acids is 3. The summed E-state index contributed by atoms with van der Waals surface area (Å²) >= 11 is 0.982. The first-order chi connectivity index (χ1) is 14.4. The predicted octanol–water partition coefficient (Wildman–Crippen LogP) is 2.70. The molecule has 1 N–H and O–H groups in total. The van der Waals surface area contributed by atoms with Crippen LogP contribution in [0.1, 0.15) is 38.3 Å². The summed E-state index contributed by atoms with van der Waals surface area (Å²) in [7, 11) is 3.27. The maximum atomic E-state index is 12.5. The van der Waals surface area contributed by atoms with Crippen molar-refractivity contribution in [3.8, 4) is 0 Å². The van der Waals surface area contributed by atoms with Crippen LogP contribution in [-0.4, -0.2) is 63.3 Å². The fraction of sp³-hybridized carbons (Fsp3) is 0.450. The van der Waals surface area contributed by atoms with Gasteiger partial charge in [0.1, 0.15) is 22.2 Å². The van der Waals surface area contributed by atoms with E-state index in [4.69, 9.17) is 18.6 Å². The van der Waals surface area contributed by atoms with E-state index in [-0.39, 0.29) is 47.7 Å². The van der Waals surface area contributed by atoms with Crippen LogP contribution in [0.5, 0.6) is 0 Å². The van der Waals surface area contributed by atoms with Gasteiger partial charge in [-0.25, -0.2) is 9.59 Å². The van der Waals surface area contributed by atoms with Crippen molar-refractivity contribution in [1.29, 1.82) is 0 Å². The highest BCUT2D eigenvalue weighted by Crippen LogP contribution is 2.34. The molecule has 0 spiro atoms. The van der Waals surface area contributed by atoms with Crippen LogP contribution in [0.4, 0.5) is 5.00 Å². The van der Waals surface area contributed by atoms with Crippen molar-refractivity contribution in [3.63, 3.8) is 0 Å². The van der Waals surface area contributed by atoms with Crippen molar-refractivity contribution < 1.29 is 33.0 Å². The summed E-state index contributed by atoms with van der Waals surface area (Å²) in [5.74, 6) is -0.808. The standard InChI is InChI=1S/C20H26N2O7S/c1-5-27-19(24)16-13(2)17(20(25)29-10-9-26-4)30-18(16)21-15(23)12-22(3)11-14-7-6-8-28-14/h6-8H,5,9-12H2,1-4H3,(H,21,23). The maximum absolute atomic E-state index is 12.5. The van der Waals surface area contributed by atoms with Crippen molar-refractivity contribution in [2.75, 3.05) is 45.8 Å². The number of carbonyl (C=O) groups is 3. The number of ether oxygens (including phenoxy) is 3. The molecular weight excluding hydrogens is 412 g/mol. The number of amides is 1. The van der Waals surface area contributed by atoms with Gasteiger partial charge in [0.05, 0.1) is 38.1 Å². The van der Waals surface area contributed by atoms with E-state index in [1.54, 1.807) is 38.1 Å². The van der Waals surface area contributed by atoms with E-state index < -0.39 is 11.9 Å². The first-order valence-corrected chi connectivity index (χ1v) is 10.2. The molecule has 10 heteroatoms. The molecule has 2 aromatic heterocycles. The largest absolute Gasteiger partial charge is 0.468 e. The summed E-state index contributed by atoms with van der Waals surface area (Å²) in [5.41, 5.74) is 0.558. The number of hydrogen-bond acceptors (Lipinski definition) is 9. The Kier molecular flexibility index (Phi) is 9.03. The molecule has 2 rings (SSSR count). The fourth-order valence-electron chi connectivity index (χ4n) is 2.66. The monoisotopic (exact) mass is 438 g/mol. The minimum Gasteiger partial charge on any atom is -0.468 e. The molecular formula is C20H26N2O7S. The van der Waals surface area contributed by atoms with E-state index >= 15 is 0 Å². The van der Waals surface area contributed by atoms with Crippen molar-refractivity contribution in [3.05, 3.63) is 40.2 Å². The molecule has 2 heterocycles. The summed E-state index contributed by atoms with van der Waals surface area (Å²) in [6.45, 7) is 4.32. The first-order valence-electron chi connectivity index (χ1n) is 9.34. The number of likely N-dealkylation sites (N-methyl/N-ethyl adjacent to an activating group) is 1. The summed E-state index contributed by atoms with van der Waals surface area (Å²) in [6.07, 6.45) is 1.57. The quantitative estimate of drug-likeness (QED) is 0.422. The van der Waals surface area contributed by atoms with Gasteiger partial charge in [-0.1, -0.05) is 0 Å². The van der Waals surface area contributed by atoms with Gasteiger partial charge in [0, 0.05) is 7.11 Å². The highest BCUT2D eigenvalue weighted by molar-refractivity contribution is 7.18. The van der Waals surface area contributed by atoms with Crippen LogP contribution >= 0.6 is 11.3 Å². The van der Waals surface area contributed by atoms with Crippen molar-refractivity contribution >= 4 is 34.2 Å². The number of esters is 2. The molecule has 30 heavy (non-hydrogen) atoms. The topological polar surface area (TPSA) is 107 Å². The van der Waals surface area contributed by atoms with E-state index in [9.17, 15) is 14.4 Å². The van der Waals surface area contributed by atoms with E-state index in [0.717, 1.165) is 17.1 Å². The Balaban J connectivity index is 2.15. The number of nitrogens with zero attached hydrogens (tertiary/aromatic N) is 1. The van der Waals surface area contributed by atoms with Crippen LogP contribution in [-0.2, 0) is 25.5 Å². The SMILES string of the molecule is CCOC(=O)c1c(NC(=O)CN(C)Cc2ccco2)sc(C(=O)OCCOC)c1C. The third-order valence-electron chi connectivity index (χ3n) is 4.00. The summed E-state index contributed by atoms with van der Waals surface area (Å²) in [6, 6.07) is 3.59. The Bertz CT molecular complexity index is 861. The van der Waals surface area contributed by atoms with Gasteiger partial charge in [0.25, 0.3) is 0 Å². The molecule has 0 fully saturated rings. The molecule has 0 saturated carbocycles. The summed E-state index contributed by atoms with van der Waals surface area (Å²) < 4.78 is 20.4. The second-order valence-corrected chi connectivity index (χ2v) is 7.43. The predicted molar refractivity (Wildman–Crippen MR) is 111 cm³/mol. The Hall–Kier alpha value is -2.69. The second kappa shape index (κ2) is 11.5. The highest BCUT2D eigenvalue weighted by Gasteiger charge is 2.27. The maximum Gasteiger partial charge on any atom is 0.348 e. The molecule has 0 aliphatic rings. The number of hydrogen-bond donors (Lipinski definition) is 1. The van der Waals surface area contributed by atoms with E-state index in [2.05, 4.69) is 5.32 Å². The number of anilines is 1. The molecule has 0 unspecified atom stereocenters. The smallest absolute Gasteiger partial charge is 0.348 e. The lowest BCUT2D eigenvalue weighted by atomic mass is 10.1. The third kappa shape index (κ3) is 6.41. The van der Waals surface area contributed by atoms with Gasteiger partial charge in [0.2, 0.25) is 5.91 Å². The van der Waals surface area contributed by atoms with Crippen LogP contribution in [0.25, 0.3) is 0 Å². The number of nitrogens with one attached hydrogen (secondary N) is 1. The molecule has 2 aromatic rings. The lowest BCUT2D eigenvalue weighted by Crippen LogP contribution is -2.30. The van der Waals surface area contributed by atoms with Crippen LogP contribution in [0.3, 0.4) is 0 Å². The number of rotatable bonds is 11. The van der Waals surface area contributed by atoms with E-state index in [0.29, 0.717) is 12.1 Å². The zero-order chi connectivity index (χ0) is 22.1. The minimum atomic E-state index is -0.610. The Morgan fingerprint density at radius 2 is 1.97 bits per heavy atom. The summed E-state index contributed by atoms with van der Waals surface area (Å²) in [4.78, 5) is 39.3. The average molecular weight is 439 g/mol. The number of thiophene rings is 1. The lowest BCUT2D eigenvalue weighted by Gasteiger charge is -2.14. The van der Waals surface area contributed by atoms with Crippen LogP contribution in [0, 0.1) is 6.92 Å². The van der Waals surface area contributed by atoms with Gasteiger partial charge in [-0.2, -0.15) is 0 Å². The van der Waals surface area contributed by atoms with Crippen LogP contribution < -0.4 is 5.32 Å².